The molecule has 12 heteroatoms. The molecular formula is C36H42BrN3O8. The van der Waals surface area contributed by atoms with Gasteiger partial charge in [-0.3, -0.25) is 19.2 Å². The SMILES string of the molecule is C=CCCC(=O)NC[C@@H](OC(=O)[C@H]1[C@@H]2O[C@@]3(CC2Br)[C@@H]1C(=O)N(CCCO)[C@@H]3C(=O)N(CC=C)c1ccc(OC)cc1)c1ccccc1. The smallest absolute Gasteiger partial charge is 0.313 e. The maximum absolute atomic E-state index is 14.6. The van der Waals surface area contributed by atoms with E-state index in [0.29, 0.717) is 29.8 Å². The summed E-state index contributed by atoms with van der Waals surface area (Å²) in [6, 6.07) is 15.0. The Balaban J connectivity index is 1.47. The Labute approximate surface area is 289 Å². The first-order valence-electron chi connectivity index (χ1n) is 16.1. The van der Waals surface area contributed by atoms with Crippen LogP contribution in [0.4, 0.5) is 5.69 Å². The highest BCUT2D eigenvalue weighted by Crippen LogP contribution is 2.60. The first kappa shape index (κ1) is 35.3. The van der Waals surface area contributed by atoms with Crippen LogP contribution in [0, 0.1) is 11.8 Å². The van der Waals surface area contributed by atoms with Crippen LogP contribution in [-0.2, 0) is 28.7 Å². The van der Waals surface area contributed by atoms with Gasteiger partial charge in [0.1, 0.15) is 23.5 Å². The molecule has 11 nitrogen and oxygen atoms in total. The van der Waals surface area contributed by atoms with Crippen molar-refractivity contribution in [3.8, 4) is 5.75 Å². The number of rotatable bonds is 16. The van der Waals surface area contributed by atoms with E-state index in [9.17, 15) is 24.3 Å². The number of halogens is 1. The van der Waals surface area contributed by atoms with Crippen molar-refractivity contribution in [2.75, 3.05) is 38.3 Å². The summed E-state index contributed by atoms with van der Waals surface area (Å²) >= 11 is 3.70. The molecule has 3 fully saturated rings. The molecule has 0 saturated carbocycles. The molecule has 48 heavy (non-hydrogen) atoms. The largest absolute Gasteiger partial charge is 0.497 e. The predicted octanol–water partition coefficient (Wildman–Crippen LogP) is 3.71. The molecule has 1 spiro atoms. The van der Waals surface area contributed by atoms with Crippen LogP contribution in [0.5, 0.6) is 5.75 Å². The fraction of sp³-hybridized carbons (Fsp3) is 0.444. The van der Waals surface area contributed by atoms with Crippen molar-refractivity contribution < 1.29 is 38.5 Å². The minimum atomic E-state index is -1.32. The lowest BCUT2D eigenvalue weighted by Gasteiger charge is -2.37. The molecule has 3 aliphatic rings. The molecule has 2 aromatic rings. The molecular weight excluding hydrogens is 682 g/mol. The summed E-state index contributed by atoms with van der Waals surface area (Å²) in [5.74, 6) is -3.01. The zero-order chi connectivity index (χ0) is 34.4. The number of ether oxygens (including phenoxy) is 3. The van der Waals surface area contributed by atoms with Gasteiger partial charge in [-0.15, -0.1) is 13.2 Å². The minimum Gasteiger partial charge on any atom is -0.497 e. The van der Waals surface area contributed by atoms with Gasteiger partial charge in [-0.05, 0) is 49.1 Å². The number of esters is 1. The lowest BCUT2D eigenvalue weighted by molar-refractivity contribution is -0.160. The summed E-state index contributed by atoms with van der Waals surface area (Å²) in [4.78, 5) is 58.3. The molecule has 3 aliphatic heterocycles. The van der Waals surface area contributed by atoms with Gasteiger partial charge in [-0.1, -0.05) is 58.4 Å². The molecule has 0 aromatic heterocycles. The topological polar surface area (TPSA) is 135 Å². The second kappa shape index (κ2) is 15.5. The van der Waals surface area contributed by atoms with Gasteiger partial charge in [0.25, 0.3) is 5.91 Å². The number of anilines is 1. The van der Waals surface area contributed by atoms with Crippen molar-refractivity contribution in [1.82, 2.24) is 10.2 Å². The van der Waals surface area contributed by atoms with E-state index in [1.807, 2.05) is 18.2 Å². The number of benzene rings is 2. The lowest BCUT2D eigenvalue weighted by Crippen LogP contribution is -2.57. The van der Waals surface area contributed by atoms with Gasteiger partial charge in [0.2, 0.25) is 11.8 Å². The van der Waals surface area contributed by atoms with E-state index in [4.69, 9.17) is 14.2 Å². The Morgan fingerprint density at radius 2 is 1.90 bits per heavy atom. The number of nitrogens with one attached hydrogen (secondary N) is 1. The van der Waals surface area contributed by atoms with Crippen LogP contribution in [0.2, 0.25) is 0 Å². The maximum atomic E-state index is 14.6. The molecule has 3 heterocycles. The van der Waals surface area contributed by atoms with Crippen LogP contribution in [0.15, 0.2) is 79.9 Å². The van der Waals surface area contributed by atoms with Gasteiger partial charge >= 0.3 is 5.97 Å². The van der Waals surface area contributed by atoms with Crippen LogP contribution >= 0.6 is 15.9 Å². The Kier molecular flexibility index (Phi) is 11.4. The summed E-state index contributed by atoms with van der Waals surface area (Å²) < 4.78 is 18.0. The third kappa shape index (κ3) is 6.79. The number of aliphatic hydroxyl groups excluding tert-OH is 1. The number of nitrogens with zero attached hydrogens (tertiary/aromatic N) is 2. The molecule has 5 rings (SSSR count). The number of methoxy groups -OCH3 is 1. The fourth-order valence-corrected chi connectivity index (χ4v) is 8.11. The van der Waals surface area contributed by atoms with E-state index in [0.717, 1.165) is 0 Å². The summed E-state index contributed by atoms with van der Waals surface area (Å²) in [6.45, 7) is 7.60. The van der Waals surface area contributed by atoms with Gasteiger partial charge in [0.05, 0.1) is 31.6 Å². The van der Waals surface area contributed by atoms with Crippen LogP contribution in [0.3, 0.4) is 0 Å². The van der Waals surface area contributed by atoms with Crippen molar-refractivity contribution in [1.29, 1.82) is 0 Å². The average molecular weight is 725 g/mol. The van der Waals surface area contributed by atoms with E-state index in [-0.39, 0.29) is 55.7 Å². The second-order valence-corrected chi connectivity index (χ2v) is 13.4. The van der Waals surface area contributed by atoms with Gasteiger partial charge < -0.3 is 34.4 Å². The number of alkyl halides is 1. The monoisotopic (exact) mass is 723 g/mol. The predicted molar refractivity (Wildman–Crippen MR) is 182 cm³/mol. The molecule has 1 unspecified atom stereocenters. The van der Waals surface area contributed by atoms with Crippen LogP contribution in [0.1, 0.15) is 37.4 Å². The van der Waals surface area contributed by atoms with E-state index in [1.165, 1.54) is 4.90 Å². The Hall–Kier alpha value is -4.00. The van der Waals surface area contributed by atoms with Crippen molar-refractivity contribution >= 4 is 45.3 Å². The zero-order valence-corrected chi connectivity index (χ0v) is 28.5. The maximum Gasteiger partial charge on any atom is 0.313 e. The summed E-state index contributed by atoms with van der Waals surface area (Å²) in [6.07, 6.45) is 3.02. The number of hydrogen-bond donors (Lipinski definition) is 2. The van der Waals surface area contributed by atoms with E-state index in [2.05, 4.69) is 34.4 Å². The Bertz CT molecular complexity index is 1500. The lowest BCUT2D eigenvalue weighted by atomic mass is 9.70. The molecule has 3 amide bonds. The number of likely N-dealkylation sites (tertiary alicyclic amines) is 1. The number of aliphatic hydroxyl groups is 1. The number of carbonyl (C=O) groups excluding carboxylic acids is 4. The van der Waals surface area contributed by atoms with Crippen LogP contribution < -0.4 is 15.0 Å². The van der Waals surface area contributed by atoms with Gasteiger partial charge in [0.15, 0.2) is 0 Å². The molecule has 2 N–H and O–H groups in total. The quantitative estimate of drug-likeness (QED) is 0.152. The van der Waals surface area contributed by atoms with Gasteiger partial charge in [-0.25, -0.2) is 0 Å². The third-order valence-corrected chi connectivity index (χ3v) is 10.1. The molecule has 2 aromatic carbocycles. The third-order valence-electron chi connectivity index (χ3n) is 9.30. The van der Waals surface area contributed by atoms with Crippen LogP contribution in [-0.4, -0.2) is 89.6 Å². The Morgan fingerprint density at radius 1 is 1.17 bits per heavy atom. The molecule has 7 atom stereocenters. The molecule has 3 saturated heterocycles. The first-order valence-corrected chi connectivity index (χ1v) is 17.0. The average Bonchev–Trinajstić information content (AvgIpc) is 3.70. The highest BCUT2D eigenvalue weighted by Gasteiger charge is 2.77. The Morgan fingerprint density at radius 3 is 2.54 bits per heavy atom. The van der Waals surface area contributed by atoms with Crippen molar-refractivity contribution in [2.24, 2.45) is 11.8 Å². The number of fused-ring (bicyclic) bond motifs is 1. The van der Waals surface area contributed by atoms with Gasteiger partial charge in [0, 0.05) is 36.6 Å². The minimum absolute atomic E-state index is 0.0353. The van der Waals surface area contributed by atoms with Crippen molar-refractivity contribution in [2.45, 2.75) is 54.4 Å². The summed E-state index contributed by atoms with van der Waals surface area (Å²) in [5, 5.41) is 12.6. The standard InChI is InChI=1S/C36H42BrN3O8/c1-4-6-13-28(42)38-22-27(23-11-8-7-9-12-23)47-35(45)29-30-33(43)40(19-10-20-41)32(36(30)21-26(37)31(29)48-36)34(44)39(18-5-2)24-14-16-25(46-3)17-15-24/h4-5,7-9,11-12,14-17,26-27,29-32,41H,1-2,6,10,13,18-22H2,3H3,(H,38,42)/t26?,27-,29-,30+,31-,32-,36+/m1/s1. The molecule has 2 bridgehead atoms. The number of carbonyl (C=O) groups is 4. The summed E-state index contributed by atoms with van der Waals surface area (Å²) in [7, 11) is 1.55. The highest BCUT2D eigenvalue weighted by atomic mass is 79.9. The van der Waals surface area contributed by atoms with E-state index >= 15 is 0 Å². The van der Waals surface area contributed by atoms with Crippen LogP contribution in [0.25, 0.3) is 0 Å². The molecule has 0 radical (unpaired) electrons. The second-order valence-electron chi connectivity index (χ2n) is 12.2. The number of allylic oxidation sites excluding steroid dienone is 1. The molecule has 0 aliphatic carbocycles. The van der Waals surface area contributed by atoms with E-state index < -0.39 is 47.6 Å². The normalized spacial score (nSPS) is 26.0. The number of hydrogen-bond acceptors (Lipinski definition) is 8. The van der Waals surface area contributed by atoms with Crippen molar-refractivity contribution in [3.63, 3.8) is 0 Å². The summed E-state index contributed by atoms with van der Waals surface area (Å²) in [5.41, 5.74) is -0.0621. The van der Waals surface area contributed by atoms with Crippen molar-refractivity contribution in [3.05, 3.63) is 85.5 Å². The van der Waals surface area contributed by atoms with Gasteiger partial charge in [-0.2, -0.15) is 0 Å². The zero-order valence-electron chi connectivity index (χ0n) is 27.0. The highest BCUT2D eigenvalue weighted by molar-refractivity contribution is 9.09. The molecule has 256 valence electrons. The van der Waals surface area contributed by atoms with E-state index in [1.54, 1.807) is 60.6 Å². The first-order chi connectivity index (χ1) is 23.2. The fourth-order valence-electron chi connectivity index (χ4n) is 7.16. The number of amides is 3.